The van der Waals surface area contributed by atoms with Crippen LogP contribution in [0.25, 0.3) is 17.1 Å². The van der Waals surface area contributed by atoms with E-state index in [1.807, 2.05) is 42.5 Å². The van der Waals surface area contributed by atoms with Gasteiger partial charge in [-0.25, -0.2) is 9.48 Å². The molecule has 0 saturated carbocycles. The molecule has 35 heavy (non-hydrogen) atoms. The fourth-order valence-corrected chi connectivity index (χ4v) is 3.35. The molecule has 4 aromatic rings. The Balaban J connectivity index is 1.45. The number of H-pyrrole nitrogens is 1. The molecule has 0 fully saturated rings. The van der Waals surface area contributed by atoms with Gasteiger partial charge < -0.3 is 14.5 Å². The maximum absolute atomic E-state index is 11.9. The molecule has 0 unspecified atom stereocenters. The van der Waals surface area contributed by atoms with Crippen LogP contribution in [0, 0.1) is 18.3 Å². The summed E-state index contributed by atoms with van der Waals surface area (Å²) in [6.45, 7) is 7.31. The van der Waals surface area contributed by atoms with E-state index < -0.39 is 11.7 Å². The Labute approximate surface area is 202 Å². The summed E-state index contributed by atoms with van der Waals surface area (Å²) in [5, 5.41) is 24.7. The van der Waals surface area contributed by atoms with Gasteiger partial charge in [-0.3, -0.25) is 5.32 Å². The van der Waals surface area contributed by atoms with E-state index in [-0.39, 0.29) is 12.6 Å². The first kappa shape index (κ1) is 23.5. The Hall–Kier alpha value is -4.65. The molecule has 0 aliphatic rings. The standard InChI is InChI=1S/C25H25N7O3/c1-16-20(14-26)21(32(31-16)18-8-6-5-7-9-18)15-34-19-12-10-17(11-13-19)22-27-23(30-29-22)28-24(33)35-25(2,3)4/h5-13H,15H2,1-4H3,(H2,27,28,29,30,33). The van der Waals surface area contributed by atoms with E-state index in [0.29, 0.717) is 28.5 Å². The lowest BCUT2D eigenvalue weighted by Crippen LogP contribution is -2.27. The number of carbonyl (C=O) groups excluding carboxylic acids is 1. The second-order valence-electron chi connectivity index (χ2n) is 8.73. The fourth-order valence-electron chi connectivity index (χ4n) is 3.35. The van der Waals surface area contributed by atoms with Gasteiger partial charge >= 0.3 is 6.09 Å². The summed E-state index contributed by atoms with van der Waals surface area (Å²) in [7, 11) is 0. The van der Waals surface area contributed by atoms with E-state index in [1.54, 1.807) is 44.5 Å². The zero-order valence-corrected chi connectivity index (χ0v) is 19.9. The smallest absolute Gasteiger partial charge is 0.414 e. The number of rotatable bonds is 6. The lowest BCUT2D eigenvalue weighted by atomic mass is 10.2. The van der Waals surface area contributed by atoms with Crippen LogP contribution in [0.2, 0.25) is 0 Å². The number of nitrogens with one attached hydrogen (secondary N) is 2. The van der Waals surface area contributed by atoms with Crippen LogP contribution in [-0.4, -0.2) is 36.7 Å². The number of hydrogen-bond acceptors (Lipinski definition) is 7. The average Bonchev–Trinajstić information content (AvgIpc) is 3.41. The third-order valence-corrected chi connectivity index (χ3v) is 4.88. The summed E-state index contributed by atoms with van der Waals surface area (Å²) in [6.07, 6.45) is -0.620. The predicted octanol–water partition coefficient (Wildman–Crippen LogP) is 4.76. The zero-order chi connectivity index (χ0) is 25.0. The highest BCUT2D eigenvalue weighted by molar-refractivity contribution is 5.82. The number of hydrogen-bond donors (Lipinski definition) is 2. The van der Waals surface area contributed by atoms with Gasteiger partial charge in [0.25, 0.3) is 0 Å². The second kappa shape index (κ2) is 9.69. The van der Waals surface area contributed by atoms with Gasteiger partial charge in [0.2, 0.25) is 5.95 Å². The highest BCUT2D eigenvalue weighted by Crippen LogP contribution is 2.23. The van der Waals surface area contributed by atoms with Crippen molar-refractivity contribution in [1.82, 2.24) is 25.0 Å². The van der Waals surface area contributed by atoms with E-state index in [9.17, 15) is 10.1 Å². The van der Waals surface area contributed by atoms with Gasteiger partial charge in [0, 0.05) is 5.56 Å². The van der Waals surface area contributed by atoms with E-state index in [0.717, 1.165) is 11.3 Å². The van der Waals surface area contributed by atoms with Gasteiger partial charge in [-0.15, -0.1) is 10.2 Å². The van der Waals surface area contributed by atoms with Gasteiger partial charge in [-0.2, -0.15) is 10.4 Å². The third-order valence-electron chi connectivity index (χ3n) is 4.88. The molecule has 0 atom stereocenters. The largest absolute Gasteiger partial charge is 0.487 e. The minimum Gasteiger partial charge on any atom is -0.487 e. The number of ether oxygens (including phenoxy) is 2. The van der Waals surface area contributed by atoms with Crippen molar-refractivity contribution in [3.63, 3.8) is 0 Å². The molecule has 0 aliphatic heterocycles. The topological polar surface area (TPSA) is 131 Å². The minimum absolute atomic E-state index is 0.171. The molecule has 1 amide bonds. The summed E-state index contributed by atoms with van der Waals surface area (Å²) in [6, 6.07) is 19.1. The number of nitrogens with zero attached hydrogens (tertiary/aromatic N) is 5. The number of benzene rings is 2. The van der Waals surface area contributed by atoms with Crippen molar-refractivity contribution in [3.8, 4) is 28.9 Å². The highest BCUT2D eigenvalue weighted by atomic mass is 16.6. The van der Waals surface area contributed by atoms with Crippen molar-refractivity contribution in [3.05, 3.63) is 71.5 Å². The second-order valence-corrected chi connectivity index (χ2v) is 8.73. The molecule has 2 N–H and O–H groups in total. The van der Waals surface area contributed by atoms with Crippen molar-refractivity contribution in [2.24, 2.45) is 0 Å². The number of carbonyl (C=O) groups is 1. The van der Waals surface area contributed by atoms with Gasteiger partial charge in [0.1, 0.15) is 29.6 Å². The van der Waals surface area contributed by atoms with Crippen molar-refractivity contribution >= 4 is 12.0 Å². The van der Waals surface area contributed by atoms with Crippen molar-refractivity contribution in [2.45, 2.75) is 39.9 Å². The fraction of sp³-hybridized carbons (Fsp3) is 0.240. The molecule has 4 rings (SSSR count). The normalized spacial score (nSPS) is 11.1. The lowest BCUT2D eigenvalue weighted by Gasteiger charge is -2.18. The Morgan fingerprint density at radius 3 is 2.49 bits per heavy atom. The number of aromatic amines is 1. The van der Waals surface area contributed by atoms with Crippen LogP contribution >= 0.6 is 0 Å². The molecule has 178 valence electrons. The Bertz CT molecular complexity index is 1360. The van der Waals surface area contributed by atoms with Gasteiger partial charge in [-0.1, -0.05) is 18.2 Å². The molecule has 0 spiro atoms. The van der Waals surface area contributed by atoms with Gasteiger partial charge in [0.15, 0.2) is 5.82 Å². The number of aromatic nitrogens is 5. The van der Waals surface area contributed by atoms with Gasteiger partial charge in [0.05, 0.1) is 17.1 Å². The van der Waals surface area contributed by atoms with Crippen LogP contribution in [0.5, 0.6) is 5.75 Å². The molecule has 2 aromatic carbocycles. The van der Waals surface area contributed by atoms with Crippen LogP contribution in [0.4, 0.5) is 10.7 Å². The summed E-state index contributed by atoms with van der Waals surface area (Å²) in [4.78, 5) is 14.8. The van der Waals surface area contributed by atoms with E-state index >= 15 is 0 Å². The highest BCUT2D eigenvalue weighted by Gasteiger charge is 2.18. The molecule has 0 aliphatic carbocycles. The summed E-state index contributed by atoms with van der Waals surface area (Å²) in [5.41, 5.74) is 2.81. The first-order valence-electron chi connectivity index (χ1n) is 10.9. The van der Waals surface area contributed by atoms with E-state index in [2.05, 4.69) is 31.7 Å². The third kappa shape index (κ3) is 5.65. The summed E-state index contributed by atoms with van der Waals surface area (Å²) >= 11 is 0. The number of nitriles is 1. The predicted molar refractivity (Wildman–Crippen MR) is 129 cm³/mol. The quantitative estimate of drug-likeness (QED) is 0.414. The Morgan fingerprint density at radius 1 is 1.11 bits per heavy atom. The number of para-hydroxylation sites is 1. The molecular weight excluding hydrogens is 446 g/mol. The molecule has 0 saturated heterocycles. The van der Waals surface area contributed by atoms with E-state index in [4.69, 9.17) is 9.47 Å². The Kier molecular flexibility index (Phi) is 6.51. The number of anilines is 1. The maximum atomic E-state index is 11.9. The van der Waals surface area contributed by atoms with Crippen LogP contribution in [-0.2, 0) is 11.3 Å². The summed E-state index contributed by atoms with van der Waals surface area (Å²) < 4.78 is 12.9. The van der Waals surface area contributed by atoms with Gasteiger partial charge in [-0.05, 0) is 64.1 Å². The zero-order valence-electron chi connectivity index (χ0n) is 19.9. The molecule has 2 aromatic heterocycles. The first-order valence-corrected chi connectivity index (χ1v) is 10.9. The molecular formula is C25H25N7O3. The molecule has 0 bridgehead atoms. The minimum atomic E-state index is -0.620. The molecule has 0 radical (unpaired) electrons. The lowest BCUT2D eigenvalue weighted by molar-refractivity contribution is 0.0634. The SMILES string of the molecule is Cc1nn(-c2ccccc2)c(COc2ccc(-c3nnc(NC(=O)OC(C)(C)C)[nH]3)cc2)c1C#N. The number of amides is 1. The molecule has 2 heterocycles. The van der Waals surface area contributed by atoms with Crippen molar-refractivity contribution in [1.29, 1.82) is 5.26 Å². The van der Waals surface area contributed by atoms with Crippen LogP contribution < -0.4 is 10.1 Å². The summed E-state index contributed by atoms with van der Waals surface area (Å²) in [5.74, 6) is 1.28. The average molecular weight is 472 g/mol. The van der Waals surface area contributed by atoms with Crippen molar-refractivity contribution in [2.75, 3.05) is 5.32 Å². The molecule has 10 heteroatoms. The van der Waals surface area contributed by atoms with Crippen LogP contribution in [0.1, 0.15) is 37.7 Å². The maximum Gasteiger partial charge on any atom is 0.414 e. The van der Waals surface area contributed by atoms with Crippen LogP contribution in [0.15, 0.2) is 54.6 Å². The van der Waals surface area contributed by atoms with Crippen molar-refractivity contribution < 1.29 is 14.3 Å². The first-order chi connectivity index (χ1) is 16.7. The Morgan fingerprint density at radius 2 is 1.83 bits per heavy atom. The molecule has 10 nitrogen and oxygen atoms in total. The monoisotopic (exact) mass is 471 g/mol. The number of aryl methyl sites for hydroxylation is 1. The van der Waals surface area contributed by atoms with E-state index in [1.165, 1.54) is 0 Å². The van der Waals surface area contributed by atoms with Crippen LogP contribution in [0.3, 0.4) is 0 Å².